The molecule has 0 atom stereocenters. The maximum Gasteiger partial charge on any atom is 0.305 e. The van der Waals surface area contributed by atoms with Crippen LogP contribution in [0.25, 0.3) is 0 Å². The maximum absolute atomic E-state index is 12.1. The van der Waals surface area contributed by atoms with Crippen LogP contribution in [0.5, 0.6) is 0 Å². The van der Waals surface area contributed by atoms with Gasteiger partial charge in [-0.3, -0.25) is 18.6 Å². The van der Waals surface area contributed by atoms with E-state index in [1.807, 2.05) is 7.05 Å². The van der Waals surface area contributed by atoms with E-state index in [1.165, 1.54) is 38.5 Å². The molecule has 11 nitrogen and oxygen atoms in total. The van der Waals surface area contributed by atoms with Crippen LogP contribution in [0.2, 0.25) is 0 Å². The van der Waals surface area contributed by atoms with Gasteiger partial charge in [0.1, 0.15) is 39.5 Å². The Hall–Kier alpha value is -1.76. The van der Waals surface area contributed by atoms with Crippen molar-refractivity contribution in [2.45, 2.75) is 136 Å². The van der Waals surface area contributed by atoms with Gasteiger partial charge in [-0.05, 0) is 19.3 Å². The Morgan fingerprint density at radius 2 is 0.795 bits per heavy atom. The molecule has 0 saturated carbocycles. The molecule has 12 heteroatoms. The third-order valence-electron chi connectivity index (χ3n) is 7.34. The number of unbranched alkanes of at least 4 members (excludes halogenated alkanes) is 12. The van der Waals surface area contributed by atoms with E-state index in [9.17, 15) is 27.4 Å². The summed E-state index contributed by atoms with van der Waals surface area (Å²) in [4.78, 5) is 36.4. The van der Waals surface area contributed by atoms with E-state index in [0.717, 1.165) is 64.9 Å². The molecule has 0 aromatic rings. The first-order chi connectivity index (χ1) is 20.9. The van der Waals surface area contributed by atoms with Gasteiger partial charge in [-0.25, -0.2) is 8.42 Å². The second kappa shape index (κ2) is 29.9. The van der Waals surface area contributed by atoms with Gasteiger partial charge in [-0.15, -0.1) is 0 Å². The summed E-state index contributed by atoms with van der Waals surface area (Å²) >= 11 is 0. The minimum Gasteiger partial charge on any atom is -0.726 e. The fourth-order valence-electron chi connectivity index (χ4n) is 4.31. The molecule has 262 valence electrons. The molecule has 0 aliphatic heterocycles. The fourth-order valence-corrected chi connectivity index (χ4v) is 4.31. The lowest BCUT2D eigenvalue weighted by Gasteiger charge is -2.34. The quantitative estimate of drug-likeness (QED) is 0.0238. The lowest BCUT2D eigenvalue weighted by atomic mass is 10.1. The summed E-state index contributed by atoms with van der Waals surface area (Å²) < 4.78 is 48.0. The van der Waals surface area contributed by atoms with Gasteiger partial charge in [0.05, 0.1) is 14.2 Å². The smallest absolute Gasteiger partial charge is 0.305 e. The molecular formula is C32H63NO10S. The van der Waals surface area contributed by atoms with Gasteiger partial charge in [0, 0.05) is 19.3 Å². The molecule has 0 spiro atoms. The molecule has 0 N–H and O–H groups in total. The Bertz CT molecular complexity index is 741. The van der Waals surface area contributed by atoms with Crippen LogP contribution < -0.4 is 0 Å². The Morgan fingerprint density at radius 1 is 0.545 bits per heavy atom. The van der Waals surface area contributed by atoms with Gasteiger partial charge in [-0.1, -0.05) is 97.8 Å². The number of hydrogen-bond acceptors (Lipinski definition) is 10. The zero-order chi connectivity index (χ0) is 33.5. The molecule has 0 bridgehead atoms. The van der Waals surface area contributed by atoms with Crippen LogP contribution in [0, 0.1) is 0 Å². The summed E-state index contributed by atoms with van der Waals surface area (Å²) in [6.07, 6.45) is 17.8. The number of esters is 3. The van der Waals surface area contributed by atoms with E-state index in [4.69, 9.17) is 14.2 Å². The number of carbonyl (C=O) groups is 3. The van der Waals surface area contributed by atoms with Gasteiger partial charge < -0.3 is 23.2 Å². The Morgan fingerprint density at radius 3 is 1.02 bits per heavy atom. The summed E-state index contributed by atoms with van der Waals surface area (Å²) in [7, 11) is -1.57. The Kier molecular flexibility index (Phi) is 30.2. The molecule has 0 aromatic heterocycles. The van der Waals surface area contributed by atoms with Crippen molar-refractivity contribution in [1.29, 1.82) is 0 Å². The van der Waals surface area contributed by atoms with Crippen LogP contribution >= 0.6 is 0 Å². The van der Waals surface area contributed by atoms with Crippen molar-refractivity contribution in [1.82, 2.24) is 0 Å². The molecule has 0 amide bonds. The van der Waals surface area contributed by atoms with Gasteiger partial charge in [0.15, 0.2) is 0 Å². The molecule has 0 fully saturated rings. The van der Waals surface area contributed by atoms with Crippen molar-refractivity contribution in [3.05, 3.63) is 0 Å². The van der Waals surface area contributed by atoms with Crippen molar-refractivity contribution in [2.75, 3.05) is 53.6 Å². The molecule has 0 aliphatic rings. The molecule has 44 heavy (non-hydrogen) atoms. The molecule has 0 aromatic carbocycles. The lowest BCUT2D eigenvalue weighted by Crippen LogP contribution is -2.51. The third-order valence-corrected chi connectivity index (χ3v) is 7.75. The zero-order valence-electron chi connectivity index (χ0n) is 28.4. The predicted molar refractivity (Wildman–Crippen MR) is 170 cm³/mol. The van der Waals surface area contributed by atoms with E-state index in [2.05, 4.69) is 25.0 Å². The normalized spacial score (nSPS) is 11.4. The van der Waals surface area contributed by atoms with Crippen LogP contribution in [0.4, 0.5) is 0 Å². The average molecular weight is 654 g/mol. The second-order valence-corrected chi connectivity index (χ2v) is 12.7. The summed E-state index contributed by atoms with van der Waals surface area (Å²) in [5, 5.41) is 0. The van der Waals surface area contributed by atoms with Gasteiger partial charge in [0.25, 0.3) is 0 Å². The topological polar surface area (TPSA) is 145 Å². The summed E-state index contributed by atoms with van der Waals surface area (Å²) in [5.74, 6) is -0.467. The van der Waals surface area contributed by atoms with E-state index in [0.29, 0.717) is 63.2 Å². The predicted octanol–water partition coefficient (Wildman–Crippen LogP) is 6.24. The van der Waals surface area contributed by atoms with Crippen molar-refractivity contribution < 1.29 is 50.2 Å². The maximum atomic E-state index is 12.1. The fraction of sp³-hybridized carbons (Fsp3) is 0.906. The monoisotopic (exact) mass is 653 g/mol. The average Bonchev–Trinajstić information content (AvgIpc) is 2.97. The molecule has 0 saturated heterocycles. The minimum absolute atomic E-state index is 0.156. The second-order valence-electron chi connectivity index (χ2n) is 11.5. The van der Waals surface area contributed by atoms with Gasteiger partial charge in [0.2, 0.25) is 10.4 Å². The highest BCUT2D eigenvalue weighted by molar-refractivity contribution is 7.80. The van der Waals surface area contributed by atoms with Gasteiger partial charge in [-0.2, -0.15) is 0 Å². The number of quaternary nitrogens is 1. The number of hydrogen-bond donors (Lipinski definition) is 0. The molecule has 0 unspecified atom stereocenters. The Balaban J connectivity index is 0. The molecule has 0 heterocycles. The number of rotatable bonds is 28. The lowest BCUT2D eigenvalue weighted by molar-refractivity contribution is -0.910. The number of ether oxygens (including phenoxy) is 3. The van der Waals surface area contributed by atoms with Crippen molar-refractivity contribution in [3.8, 4) is 0 Å². The highest BCUT2D eigenvalue weighted by Gasteiger charge is 2.23. The Labute approximate surface area is 268 Å². The van der Waals surface area contributed by atoms with Crippen LogP contribution in [0.1, 0.15) is 136 Å². The van der Waals surface area contributed by atoms with Crippen molar-refractivity contribution >= 4 is 28.3 Å². The molecule has 0 aliphatic carbocycles. The highest BCUT2D eigenvalue weighted by Crippen LogP contribution is 2.10. The molecular weight excluding hydrogens is 590 g/mol. The van der Waals surface area contributed by atoms with Crippen LogP contribution in [-0.4, -0.2) is 89.0 Å². The molecule has 0 rings (SSSR count). The van der Waals surface area contributed by atoms with Crippen LogP contribution in [0.15, 0.2) is 0 Å². The number of nitrogens with zero attached hydrogens (tertiary/aromatic N) is 1. The minimum atomic E-state index is -4.41. The summed E-state index contributed by atoms with van der Waals surface area (Å²) in [6.45, 7) is 9.21. The summed E-state index contributed by atoms with van der Waals surface area (Å²) in [5.41, 5.74) is 0. The first kappa shape index (κ1) is 44.4. The molecule has 0 radical (unpaired) electrons. The van der Waals surface area contributed by atoms with E-state index >= 15 is 0 Å². The van der Waals surface area contributed by atoms with E-state index < -0.39 is 10.4 Å². The zero-order valence-corrected chi connectivity index (χ0v) is 29.2. The van der Waals surface area contributed by atoms with Crippen LogP contribution in [0.3, 0.4) is 0 Å². The summed E-state index contributed by atoms with van der Waals surface area (Å²) in [6, 6.07) is 0. The number of carbonyl (C=O) groups excluding carboxylic acids is 3. The number of likely N-dealkylation sites (N-methyl/N-ethyl adjacent to an activating group) is 1. The van der Waals surface area contributed by atoms with Crippen molar-refractivity contribution in [3.63, 3.8) is 0 Å². The van der Waals surface area contributed by atoms with Crippen molar-refractivity contribution in [2.24, 2.45) is 0 Å². The standard InChI is InChI=1S/C31H60NO6.CH4O4S/c1-5-8-11-14-17-20-29(33)36-26-23-32(4,24-27-37-30(34)21-18-15-12-9-6-2)25-28-38-31(35)22-19-16-13-10-7-3;1-5-6(2,3)4/h5-28H2,1-4H3;1H3,(H,2,3,4)/q+1;/p-1. The third kappa shape index (κ3) is 33.1. The first-order valence-corrected chi connectivity index (χ1v) is 18.1. The van der Waals surface area contributed by atoms with Gasteiger partial charge >= 0.3 is 17.9 Å². The first-order valence-electron chi connectivity index (χ1n) is 16.7. The van der Waals surface area contributed by atoms with E-state index in [1.54, 1.807) is 0 Å². The highest BCUT2D eigenvalue weighted by atomic mass is 32.3. The van der Waals surface area contributed by atoms with Crippen LogP contribution in [-0.2, 0) is 43.2 Å². The SMILES string of the molecule is CCCCCCCC(=O)OCC[N+](C)(CCOC(=O)CCCCCCC)CCOC(=O)CCCCCCC.COS(=O)(=O)[O-]. The van der Waals surface area contributed by atoms with E-state index in [-0.39, 0.29) is 17.9 Å². The largest absolute Gasteiger partial charge is 0.726 e.